The van der Waals surface area contributed by atoms with Gasteiger partial charge in [-0.1, -0.05) is 12.1 Å². The normalized spacial score (nSPS) is 27.1. The Labute approximate surface area is 155 Å². The second kappa shape index (κ2) is 7.57. The monoisotopic (exact) mass is 358 g/mol. The molecule has 26 heavy (non-hydrogen) atoms. The van der Waals surface area contributed by atoms with Crippen LogP contribution in [0.1, 0.15) is 44.1 Å². The zero-order valence-corrected chi connectivity index (χ0v) is 15.5. The van der Waals surface area contributed by atoms with Crippen LogP contribution in [-0.2, 0) is 11.3 Å². The summed E-state index contributed by atoms with van der Waals surface area (Å²) in [5.74, 6) is 1.19. The van der Waals surface area contributed by atoms with E-state index in [1.54, 1.807) is 0 Å². The number of benzene rings is 1. The van der Waals surface area contributed by atoms with E-state index < -0.39 is 0 Å². The Kier molecular flexibility index (Phi) is 5.18. The lowest BCUT2D eigenvalue weighted by Gasteiger charge is -2.48. The molecule has 0 unspecified atom stereocenters. The van der Waals surface area contributed by atoms with Gasteiger partial charge in [-0.15, -0.1) is 0 Å². The van der Waals surface area contributed by atoms with Crippen molar-refractivity contribution in [1.82, 2.24) is 9.80 Å². The van der Waals surface area contributed by atoms with Crippen LogP contribution < -0.4 is 4.74 Å². The first-order valence-electron chi connectivity index (χ1n) is 10.0. The zero-order chi connectivity index (χ0) is 18.0. The molecule has 142 valence electrons. The predicted octanol–water partition coefficient (Wildman–Crippen LogP) is 2.42. The summed E-state index contributed by atoms with van der Waals surface area (Å²) in [6.07, 6.45) is 6.69. The second-order valence-electron chi connectivity index (χ2n) is 8.28. The highest BCUT2D eigenvalue weighted by Gasteiger charge is 2.45. The molecule has 0 radical (unpaired) electrons. The van der Waals surface area contributed by atoms with Gasteiger partial charge in [0.25, 0.3) is 0 Å². The second-order valence-corrected chi connectivity index (χ2v) is 8.28. The van der Waals surface area contributed by atoms with E-state index in [0.717, 1.165) is 44.8 Å². The van der Waals surface area contributed by atoms with Gasteiger partial charge in [0, 0.05) is 37.5 Å². The standard InChI is InChI=1S/C21H30N2O3/c24-12-13-26-19-6-2-17(3-7-19)14-22-11-1-9-21(15-22)10-8-20(25)23(16-21)18-4-5-18/h2-3,6-7,18,24H,1,4-5,8-16H2/t21-/m1/s1. The Hall–Kier alpha value is -1.59. The maximum absolute atomic E-state index is 12.3. The summed E-state index contributed by atoms with van der Waals surface area (Å²) in [5, 5.41) is 8.84. The molecule has 0 bridgehead atoms. The number of likely N-dealkylation sites (tertiary alicyclic amines) is 2. The number of piperidine rings is 2. The van der Waals surface area contributed by atoms with E-state index in [0.29, 0.717) is 24.0 Å². The molecule has 1 atom stereocenters. The smallest absolute Gasteiger partial charge is 0.222 e. The molecule has 3 aliphatic rings. The van der Waals surface area contributed by atoms with E-state index in [4.69, 9.17) is 9.84 Å². The Morgan fingerprint density at radius 2 is 1.96 bits per heavy atom. The number of carbonyl (C=O) groups excluding carboxylic acids is 1. The van der Waals surface area contributed by atoms with Crippen LogP contribution >= 0.6 is 0 Å². The van der Waals surface area contributed by atoms with Gasteiger partial charge in [0.2, 0.25) is 5.91 Å². The maximum Gasteiger partial charge on any atom is 0.222 e. The number of rotatable bonds is 6. The van der Waals surface area contributed by atoms with Crippen LogP contribution in [0.25, 0.3) is 0 Å². The number of aliphatic hydroxyl groups excluding tert-OH is 1. The largest absolute Gasteiger partial charge is 0.491 e. The molecule has 5 heteroatoms. The molecular weight excluding hydrogens is 328 g/mol. The fourth-order valence-corrected chi connectivity index (χ4v) is 4.65. The van der Waals surface area contributed by atoms with Gasteiger partial charge in [-0.05, 0) is 56.3 Å². The van der Waals surface area contributed by atoms with Crippen molar-refractivity contribution in [3.63, 3.8) is 0 Å². The molecule has 3 fully saturated rings. The number of hydrogen-bond acceptors (Lipinski definition) is 4. The molecule has 1 aromatic carbocycles. The third-order valence-corrected chi connectivity index (χ3v) is 6.11. The van der Waals surface area contributed by atoms with Crippen LogP contribution in [0, 0.1) is 5.41 Å². The fraction of sp³-hybridized carbons (Fsp3) is 0.667. The molecule has 5 nitrogen and oxygen atoms in total. The van der Waals surface area contributed by atoms with Gasteiger partial charge >= 0.3 is 0 Å². The molecule has 2 heterocycles. The van der Waals surface area contributed by atoms with E-state index in [9.17, 15) is 4.79 Å². The highest BCUT2D eigenvalue weighted by Crippen LogP contribution is 2.42. The van der Waals surface area contributed by atoms with Crippen molar-refractivity contribution >= 4 is 5.91 Å². The van der Waals surface area contributed by atoms with Crippen molar-refractivity contribution < 1.29 is 14.6 Å². The van der Waals surface area contributed by atoms with Crippen molar-refractivity contribution in [2.24, 2.45) is 5.41 Å². The van der Waals surface area contributed by atoms with Crippen molar-refractivity contribution in [3.05, 3.63) is 29.8 Å². The molecular formula is C21H30N2O3. The average molecular weight is 358 g/mol. The first-order valence-corrected chi connectivity index (χ1v) is 10.0. The van der Waals surface area contributed by atoms with Crippen LogP contribution in [0.5, 0.6) is 5.75 Å². The third-order valence-electron chi connectivity index (χ3n) is 6.11. The number of amides is 1. The summed E-state index contributed by atoms with van der Waals surface area (Å²) in [5.41, 5.74) is 1.60. The van der Waals surface area contributed by atoms with Gasteiger partial charge < -0.3 is 14.7 Å². The Morgan fingerprint density at radius 1 is 1.15 bits per heavy atom. The summed E-state index contributed by atoms with van der Waals surface area (Å²) in [7, 11) is 0. The fourth-order valence-electron chi connectivity index (χ4n) is 4.65. The van der Waals surface area contributed by atoms with Crippen LogP contribution in [0.4, 0.5) is 0 Å². The maximum atomic E-state index is 12.3. The molecule has 1 spiro atoms. The first-order chi connectivity index (χ1) is 12.7. The molecule has 1 aliphatic carbocycles. The van der Waals surface area contributed by atoms with Gasteiger partial charge in [-0.3, -0.25) is 9.69 Å². The van der Waals surface area contributed by atoms with E-state index in [1.807, 2.05) is 12.1 Å². The van der Waals surface area contributed by atoms with E-state index in [2.05, 4.69) is 21.9 Å². The van der Waals surface area contributed by atoms with Crippen LogP contribution in [-0.4, -0.2) is 59.7 Å². The molecule has 1 amide bonds. The molecule has 2 saturated heterocycles. The summed E-state index contributed by atoms with van der Waals surface area (Å²) in [6.45, 7) is 4.55. The minimum absolute atomic E-state index is 0.0397. The minimum Gasteiger partial charge on any atom is -0.491 e. The van der Waals surface area contributed by atoms with Gasteiger partial charge in [-0.25, -0.2) is 0 Å². The molecule has 1 saturated carbocycles. The third kappa shape index (κ3) is 4.04. The molecule has 1 N–H and O–H groups in total. The summed E-state index contributed by atoms with van der Waals surface area (Å²) < 4.78 is 5.44. The number of aliphatic hydroxyl groups is 1. The van der Waals surface area contributed by atoms with Crippen LogP contribution in [0.3, 0.4) is 0 Å². The van der Waals surface area contributed by atoms with E-state index in [1.165, 1.54) is 31.2 Å². The van der Waals surface area contributed by atoms with Crippen molar-refractivity contribution in [3.8, 4) is 5.75 Å². The van der Waals surface area contributed by atoms with E-state index in [-0.39, 0.29) is 6.61 Å². The molecule has 1 aromatic rings. The van der Waals surface area contributed by atoms with Crippen molar-refractivity contribution in [1.29, 1.82) is 0 Å². The van der Waals surface area contributed by atoms with Gasteiger partial charge in [0.05, 0.1) is 6.61 Å². The van der Waals surface area contributed by atoms with E-state index >= 15 is 0 Å². The highest BCUT2D eigenvalue weighted by atomic mass is 16.5. The number of carbonyl (C=O) groups is 1. The summed E-state index contributed by atoms with van der Waals surface area (Å²) in [6, 6.07) is 8.75. The Bertz CT molecular complexity index is 629. The number of hydrogen-bond donors (Lipinski definition) is 1. The van der Waals surface area contributed by atoms with Crippen molar-refractivity contribution in [2.45, 2.75) is 51.1 Å². The molecule has 2 aliphatic heterocycles. The number of ether oxygens (including phenoxy) is 1. The lowest BCUT2D eigenvalue weighted by atomic mass is 9.73. The topological polar surface area (TPSA) is 53.0 Å². The highest BCUT2D eigenvalue weighted by molar-refractivity contribution is 5.78. The van der Waals surface area contributed by atoms with Crippen molar-refractivity contribution in [2.75, 3.05) is 32.8 Å². The zero-order valence-electron chi connectivity index (χ0n) is 15.5. The molecule has 0 aromatic heterocycles. The summed E-state index contributed by atoms with van der Waals surface area (Å²) >= 11 is 0. The minimum atomic E-state index is 0.0397. The van der Waals surface area contributed by atoms with Gasteiger partial charge in [0.1, 0.15) is 12.4 Å². The summed E-state index contributed by atoms with van der Waals surface area (Å²) in [4.78, 5) is 17.0. The predicted molar refractivity (Wildman–Crippen MR) is 99.9 cm³/mol. The Balaban J connectivity index is 1.36. The molecule has 4 rings (SSSR count). The lowest BCUT2D eigenvalue weighted by molar-refractivity contribution is -0.140. The Morgan fingerprint density at radius 3 is 2.69 bits per heavy atom. The number of nitrogens with zero attached hydrogens (tertiary/aromatic N) is 2. The van der Waals surface area contributed by atoms with Crippen LogP contribution in [0.2, 0.25) is 0 Å². The average Bonchev–Trinajstić information content (AvgIpc) is 3.49. The SMILES string of the molecule is O=C1CC[C@@]2(CCCN(Cc3ccc(OCCO)cc3)C2)CN1C1CC1. The van der Waals surface area contributed by atoms with Gasteiger partial charge in [0.15, 0.2) is 0 Å². The van der Waals surface area contributed by atoms with Crippen LogP contribution in [0.15, 0.2) is 24.3 Å². The lowest BCUT2D eigenvalue weighted by Crippen LogP contribution is -2.54. The van der Waals surface area contributed by atoms with Gasteiger partial charge in [-0.2, -0.15) is 0 Å². The first kappa shape index (κ1) is 17.8. The quantitative estimate of drug-likeness (QED) is 0.849.